The predicted octanol–water partition coefficient (Wildman–Crippen LogP) is 5.03. The van der Waals surface area contributed by atoms with E-state index in [-0.39, 0.29) is 5.69 Å². The number of nitrogens with zero attached hydrogens (tertiary/aromatic N) is 6. The van der Waals surface area contributed by atoms with Gasteiger partial charge in [0.2, 0.25) is 0 Å². The molecule has 1 fully saturated rings. The monoisotopic (exact) mass is 471 g/mol. The highest BCUT2D eigenvalue weighted by Crippen LogP contribution is 2.33. The molecule has 0 radical (unpaired) electrons. The van der Waals surface area contributed by atoms with Crippen molar-refractivity contribution in [2.24, 2.45) is 5.92 Å². The van der Waals surface area contributed by atoms with Crippen LogP contribution in [0.15, 0.2) is 53.6 Å². The van der Waals surface area contributed by atoms with Crippen LogP contribution >= 0.6 is 0 Å². The van der Waals surface area contributed by atoms with Crippen LogP contribution in [0.3, 0.4) is 0 Å². The predicted molar refractivity (Wildman–Crippen MR) is 136 cm³/mol. The van der Waals surface area contributed by atoms with E-state index in [0.29, 0.717) is 24.3 Å². The Morgan fingerprint density at radius 3 is 2.71 bits per heavy atom. The first-order chi connectivity index (χ1) is 17.1. The number of rotatable bonds is 8. The third kappa shape index (κ3) is 4.97. The minimum absolute atomic E-state index is 0.0990. The van der Waals surface area contributed by atoms with Gasteiger partial charge in [-0.25, -0.2) is 9.89 Å². The van der Waals surface area contributed by atoms with Gasteiger partial charge in [-0.2, -0.15) is 0 Å². The molecule has 1 aromatic carbocycles. The molecule has 3 heterocycles. The van der Waals surface area contributed by atoms with Gasteiger partial charge in [0.05, 0.1) is 12.2 Å². The number of tetrazole rings is 1. The number of imidazole rings is 1. The summed E-state index contributed by atoms with van der Waals surface area (Å²) in [5, 5.41) is 14.2. The molecule has 5 rings (SSSR count). The number of nitrogens with one attached hydrogen (secondary N) is 1. The van der Waals surface area contributed by atoms with Gasteiger partial charge < -0.3 is 0 Å². The fourth-order valence-electron chi connectivity index (χ4n) is 5.26. The van der Waals surface area contributed by atoms with Gasteiger partial charge in [0, 0.05) is 29.7 Å². The average Bonchev–Trinajstić information content (AvgIpc) is 3.53. The first-order valence-electron chi connectivity index (χ1n) is 12.7. The van der Waals surface area contributed by atoms with E-state index in [1.807, 2.05) is 33.5 Å². The van der Waals surface area contributed by atoms with E-state index >= 15 is 0 Å². The van der Waals surface area contributed by atoms with Crippen LogP contribution in [0.25, 0.3) is 22.5 Å². The van der Waals surface area contributed by atoms with Gasteiger partial charge in [-0.15, -0.1) is 5.10 Å². The topological polar surface area (TPSA) is 94.3 Å². The van der Waals surface area contributed by atoms with Gasteiger partial charge in [0.1, 0.15) is 0 Å². The van der Waals surface area contributed by atoms with E-state index in [0.717, 1.165) is 53.8 Å². The standard InChI is InChI=1S/C27H33N7O/c1-3-4-11-24-18-34(25-12-6-5-8-19(25)2)27(35)33(24)17-23-16-21(13-14-28-23)20-9-7-10-22(15-20)26-29-31-32-30-26/h7,9-10,13-16,18-19,25H,3-6,8,11-12,17H2,1-2H3,(H,29,30,31,32). The molecule has 1 aliphatic carbocycles. The van der Waals surface area contributed by atoms with E-state index < -0.39 is 0 Å². The number of hydrogen-bond acceptors (Lipinski definition) is 5. The van der Waals surface area contributed by atoms with Crippen molar-refractivity contribution in [3.63, 3.8) is 0 Å². The molecule has 2 atom stereocenters. The van der Waals surface area contributed by atoms with Crippen molar-refractivity contribution in [3.8, 4) is 22.5 Å². The van der Waals surface area contributed by atoms with Crippen molar-refractivity contribution in [2.45, 2.75) is 71.4 Å². The van der Waals surface area contributed by atoms with Crippen molar-refractivity contribution in [2.75, 3.05) is 0 Å². The number of pyridine rings is 1. The maximum Gasteiger partial charge on any atom is 0.328 e. The SMILES string of the molecule is CCCCc1cn(C2CCCCC2C)c(=O)n1Cc1cc(-c2cccc(-c3nnn[nH]3)c2)ccn1. The summed E-state index contributed by atoms with van der Waals surface area (Å²) >= 11 is 0. The number of aromatic amines is 1. The largest absolute Gasteiger partial charge is 0.328 e. The van der Waals surface area contributed by atoms with Gasteiger partial charge in [-0.1, -0.05) is 51.3 Å². The lowest BCUT2D eigenvalue weighted by Gasteiger charge is -2.29. The second kappa shape index (κ2) is 10.4. The van der Waals surface area contributed by atoms with Crippen molar-refractivity contribution < 1.29 is 0 Å². The van der Waals surface area contributed by atoms with Crippen LogP contribution in [0.4, 0.5) is 0 Å². The Kier molecular flexibility index (Phi) is 6.88. The van der Waals surface area contributed by atoms with Crippen molar-refractivity contribution in [1.82, 2.24) is 34.7 Å². The molecular weight excluding hydrogens is 438 g/mol. The van der Waals surface area contributed by atoms with Crippen LogP contribution < -0.4 is 5.69 Å². The van der Waals surface area contributed by atoms with E-state index in [9.17, 15) is 4.79 Å². The maximum absolute atomic E-state index is 13.6. The van der Waals surface area contributed by atoms with Crippen LogP contribution in [-0.2, 0) is 13.0 Å². The third-order valence-corrected chi connectivity index (χ3v) is 7.25. The summed E-state index contributed by atoms with van der Waals surface area (Å²) in [5.74, 6) is 1.16. The van der Waals surface area contributed by atoms with Gasteiger partial charge in [0.25, 0.3) is 0 Å². The highest BCUT2D eigenvalue weighted by Gasteiger charge is 2.26. The highest BCUT2D eigenvalue weighted by atomic mass is 16.1. The average molecular weight is 472 g/mol. The quantitative estimate of drug-likeness (QED) is 0.389. The number of benzene rings is 1. The van der Waals surface area contributed by atoms with Crippen LogP contribution in [-0.4, -0.2) is 34.7 Å². The molecule has 0 spiro atoms. The molecule has 0 aliphatic heterocycles. The molecule has 3 aromatic heterocycles. The van der Waals surface area contributed by atoms with Gasteiger partial charge in [-0.05, 0) is 71.4 Å². The zero-order valence-electron chi connectivity index (χ0n) is 20.5. The lowest BCUT2D eigenvalue weighted by molar-refractivity contribution is 0.251. The molecule has 182 valence electrons. The summed E-state index contributed by atoms with van der Waals surface area (Å²) in [6, 6.07) is 12.5. The van der Waals surface area contributed by atoms with Gasteiger partial charge >= 0.3 is 5.69 Å². The van der Waals surface area contributed by atoms with E-state index in [2.05, 4.69) is 63.9 Å². The Morgan fingerprint density at radius 1 is 1.09 bits per heavy atom. The Balaban J connectivity index is 1.46. The molecule has 0 saturated heterocycles. The van der Waals surface area contributed by atoms with Crippen LogP contribution in [0.2, 0.25) is 0 Å². The zero-order valence-corrected chi connectivity index (χ0v) is 20.5. The molecule has 8 heteroatoms. The van der Waals surface area contributed by atoms with Crippen LogP contribution in [0, 0.1) is 5.92 Å². The van der Waals surface area contributed by atoms with Crippen LogP contribution in [0.5, 0.6) is 0 Å². The summed E-state index contributed by atoms with van der Waals surface area (Å²) in [4.78, 5) is 18.2. The van der Waals surface area contributed by atoms with E-state index in [4.69, 9.17) is 0 Å². The first kappa shape index (κ1) is 23.2. The van der Waals surface area contributed by atoms with Gasteiger partial charge in [-0.3, -0.25) is 14.1 Å². The zero-order chi connectivity index (χ0) is 24.2. The molecule has 1 N–H and O–H groups in total. The number of H-pyrrole nitrogens is 1. The van der Waals surface area contributed by atoms with Gasteiger partial charge in [0.15, 0.2) is 5.82 Å². The lowest BCUT2D eigenvalue weighted by Crippen LogP contribution is -2.32. The molecule has 1 saturated carbocycles. The summed E-state index contributed by atoms with van der Waals surface area (Å²) in [5.41, 5.74) is 5.11. The molecule has 0 amide bonds. The van der Waals surface area contributed by atoms with Crippen molar-refractivity contribution >= 4 is 0 Å². The number of aryl methyl sites for hydroxylation is 1. The lowest BCUT2D eigenvalue weighted by atomic mass is 9.86. The molecule has 35 heavy (non-hydrogen) atoms. The normalized spacial score (nSPS) is 18.1. The molecule has 4 aromatic rings. The summed E-state index contributed by atoms with van der Waals surface area (Å²) in [6.45, 7) is 4.95. The van der Waals surface area contributed by atoms with Crippen molar-refractivity contribution in [3.05, 3.63) is 70.7 Å². The van der Waals surface area contributed by atoms with E-state index in [1.54, 1.807) is 0 Å². The number of hydrogen-bond donors (Lipinski definition) is 1. The second-order valence-electron chi connectivity index (χ2n) is 9.70. The Bertz CT molecular complexity index is 1320. The minimum atomic E-state index is 0.0990. The van der Waals surface area contributed by atoms with Crippen LogP contribution in [0.1, 0.15) is 69.8 Å². The molecule has 8 nitrogen and oxygen atoms in total. The fraction of sp³-hybridized carbons (Fsp3) is 0.444. The third-order valence-electron chi connectivity index (χ3n) is 7.25. The maximum atomic E-state index is 13.6. The number of aromatic nitrogens is 7. The summed E-state index contributed by atoms with van der Waals surface area (Å²) in [7, 11) is 0. The summed E-state index contributed by atoms with van der Waals surface area (Å²) in [6.07, 6.45) is 11.8. The Morgan fingerprint density at radius 2 is 1.91 bits per heavy atom. The Hall–Kier alpha value is -3.55. The summed E-state index contributed by atoms with van der Waals surface area (Å²) < 4.78 is 3.97. The first-order valence-corrected chi connectivity index (χ1v) is 12.7. The Labute approximate surface area is 205 Å². The second-order valence-corrected chi connectivity index (χ2v) is 9.70. The molecule has 0 bridgehead atoms. The number of unbranched alkanes of at least 4 members (excludes halogenated alkanes) is 1. The molecular formula is C27H33N7O. The smallest absolute Gasteiger partial charge is 0.296 e. The molecule has 2 unspecified atom stereocenters. The highest BCUT2D eigenvalue weighted by molar-refractivity contribution is 5.70. The molecule has 1 aliphatic rings. The minimum Gasteiger partial charge on any atom is -0.296 e. The van der Waals surface area contributed by atoms with E-state index in [1.165, 1.54) is 19.3 Å². The van der Waals surface area contributed by atoms with Crippen molar-refractivity contribution in [1.29, 1.82) is 0 Å². The fourth-order valence-corrected chi connectivity index (χ4v) is 5.26.